The molecular formula is C10H19NO6S. The molecule has 0 amide bonds. The Morgan fingerprint density at radius 3 is 2.83 bits per heavy atom. The predicted octanol–water partition coefficient (Wildman–Crippen LogP) is -0.568. The van der Waals surface area contributed by atoms with Gasteiger partial charge in [-0.15, -0.1) is 0 Å². The second-order valence-corrected chi connectivity index (χ2v) is 6.45. The standard InChI is InChI=1S/C10H19NO6S/c1-10(9(12)13)7-17-6-8(10)11-18(14,15)5-3-4-16-2/h8,11H,3-7H2,1-2H3,(H,12,13). The summed E-state index contributed by atoms with van der Waals surface area (Å²) >= 11 is 0. The molecule has 2 unspecified atom stereocenters. The number of nitrogens with one attached hydrogen (secondary N) is 1. The summed E-state index contributed by atoms with van der Waals surface area (Å²) in [5, 5.41) is 9.12. The van der Waals surface area contributed by atoms with Crippen LogP contribution >= 0.6 is 0 Å². The van der Waals surface area contributed by atoms with E-state index in [2.05, 4.69) is 4.72 Å². The van der Waals surface area contributed by atoms with E-state index in [0.717, 1.165) is 0 Å². The number of methoxy groups -OCH3 is 1. The van der Waals surface area contributed by atoms with Crippen molar-refractivity contribution in [2.45, 2.75) is 19.4 Å². The zero-order valence-corrected chi connectivity index (χ0v) is 11.3. The van der Waals surface area contributed by atoms with Gasteiger partial charge in [-0.25, -0.2) is 13.1 Å². The highest BCUT2D eigenvalue weighted by atomic mass is 32.2. The topological polar surface area (TPSA) is 102 Å². The van der Waals surface area contributed by atoms with Gasteiger partial charge in [0.1, 0.15) is 5.41 Å². The van der Waals surface area contributed by atoms with Crippen LogP contribution in [0.25, 0.3) is 0 Å². The SMILES string of the molecule is COCCCS(=O)(=O)NC1COCC1(C)C(=O)O. The average Bonchev–Trinajstić information content (AvgIpc) is 2.61. The number of carboxylic acids is 1. The van der Waals surface area contributed by atoms with Crippen molar-refractivity contribution in [2.24, 2.45) is 5.41 Å². The maximum atomic E-state index is 11.8. The van der Waals surface area contributed by atoms with E-state index in [1.165, 1.54) is 14.0 Å². The van der Waals surface area contributed by atoms with Gasteiger partial charge in [-0.1, -0.05) is 0 Å². The molecule has 0 spiro atoms. The second-order valence-electron chi connectivity index (χ2n) is 4.57. The number of carbonyl (C=O) groups is 1. The van der Waals surface area contributed by atoms with Gasteiger partial charge in [0.2, 0.25) is 10.0 Å². The van der Waals surface area contributed by atoms with Gasteiger partial charge in [-0.3, -0.25) is 4.79 Å². The molecule has 0 aromatic carbocycles. The zero-order valence-electron chi connectivity index (χ0n) is 10.5. The third-order valence-electron chi connectivity index (χ3n) is 3.03. The summed E-state index contributed by atoms with van der Waals surface area (Å²) < 4.78 is 35.8. The van der Waals surface area contributed by atoms with Gasteiger partial charge < -0.3 is 14.6 Å². The third kappa shape index (κ3) is 3.64. The molecule has 0 aromatic heterocycles. The van der Waals surface area contributed by atoms with Crippen LogP contribution in [0.5, 0.6) is 0 Å². The Hall–Kier alpha value is -0.700. The molecule has 0 bridgehead atoms. The fourth-order valence-electron chi connectivity index (χ4n) is 1.72. The van der Waals surface area contributed by atoms with E-state index in [9.17, 15) is 13.2 Å². The summed E-state index contributed by atoms with van der Waals surface area (Å²) in [6.07, 6.45) is 0.364. The first kappa shape index (κ1) is 15.4. The quantitative estimate of drug-likeness (QED) is 0.606. The number of carboxylic acid groups (broad SMARTS) is 1. The highest BCUT2D eigenvalue weighted by Crippen LogP contribution is 2.29. The monoisotopic (exact) mass is 281 g/mol. The van der Waals surface area contributed by atoms with Gasteiger partial charge in [0.15, 0.2) is 0 Å². The van der Waals surface area contributed by atoms with Gasteiger partial charge >= 0.3 is 5.97 Å². The van der Waals surface area contributed by atoms with Crippen LogP contribution in [0.15, 0.2) is 0 Å². The van der Waals surface area contributed by atoms with Crippen LogP contribution in [0, 0.1) is 5.41 Å². The minimum atomic E-state index is -3.52. The Labute approximate surface area is 107 Å². The van der Waals surface area contributed by atoms with Gasteiger partial charge in [0.25, 0.3) is 0 Å². The second kappa shape index (κ2) is 5.96. The Bertz CT molecular complexity index is 395. The number of rotatable bonds is 7. The highest BCUT2D eigenvalue weighted by molar-refractivity contribution is 7.89. The summed E-state index contributed by atoms with van der Waals surface area (Å²) in [5.41, 5.74) is -1.21. The van der Waals surface area contributed by atoms with E-state index < -0.39 is 27.4 Å². The molecule has 106 valence electrons. The fourth-order valence-corrected chi connectivity index (χ4v) is 3.09. The van der Waals surface area contributed by atoms with Gasteiger partial charge in [-0.2, -0.15) is 0 Å². The fraction of sp³-hybridized carbons (Fsp3) is 0.900. The van der Waals surface area contributed by atoms with Gasteiger partial charge in [0, 0.05) is 13.7 Å². The first-order valence-electron chi connectivity index (χ1n) is 5.62. The van der Waals surface area contributed by atoms with Crippen molar-refractivity contribution in [1.82, 2.24) is 4.72 Å². The van der Waals surface area contributed by atoms with E-state index >= 15 is 0 Å². The first-order valence-corrected chi connectivity index (χ1v) is 7.27. The summed E-state index contributed by atoms with van der Waals surface area (Å²) in [4.78, 5) is 11.1. The molecule has 18 heavy (non-hydrogen) atoms. The Kier molecular flexibility index (Phi) is 5.09. The Morgan fingerprint density at radius 1 is 1.61 bits per heavy atom. The van der Waals surface area contributed by atoms with Crippen LogP contribution in [0.1, 0.15) is 13.3 Å². The van der Waals surface area contributed by atoms with Crippen molar-refractivity contribution in [3.05, 3.63) is 0 Å². The van der Waals surface area contributed by atoms with E-state index in [1.54, 1.807) is 0 Å². The Balaban J connectivity index is 2.63. The molecule has 0 aliphatic carbocycles. The molecule has 1 aliphatic rings. The van der Waals surface area contributed by atoms with E-state index in [-0.39, 0.29) is 19.0 Å². The summed E-state index contributed by atoms with van der Waals surface area (Å²) in [6, 6.07) is -0.734. The smallest absolute Gasteiger partial charge is 0.313 e. The van der Waals surface area contributed by atoms with E-state index in [4.69, 9.17) is 14.6 Å². The summed E-state index contributed by atoms with van der Waals surface area (Å²) in [7, 11) is -2.02. The van der Waals surface area contributed by atoms with Gasteiger partial charge in [0.05, 0.1) is 25.0 Å². The van der Waals surface area contributed by atoms with Gasteiger partial charge in [-0.05, 0) is 13.3 Å². The number of aliphatic carboxylic acids is 1. The molecule has 2 N–H and O–H groups in total. The van der Waals surface area contributed by atoms with E-state index in [0.29, 0.717) is 13.0 Å². The molecule has 0 saturated carbocycles. The van der Waals surface area contributed by atoms with Crippen LogP contribution < -0.4 is 4.72 Å². The lowest BCUT2D eigenvalue weighted by Gasteiger charge is -2.25. The van der Waals surface area contributed by atoms with Crippen LogP contribution in [0.4, 0.5) is 0 Å². The van der Waals surface area contributed by atoms with Crippen LogP contribution in [-0.2, 0) is 24.3 Å². The minimum Gasteiger partial charge on any atom is -0.481 e. The van der Waals surface area contributed by atoms with Crippen molar-refractivity contribution in [2.75, 3.05) is 32.7 Å². The molecule has 7 nitrogen and oxygen atoms in total. The number of sulfonamides is 1. The summed E-state index contributed by atoms with van der Waals surface area (Å²) in [5.74, 6) is -1.16. The lowest BCUT2D eigenvalue weighted by Crippen LogP contribution is -2.50. The molecule has 0 aromatic rings. The molecule has 1 rings (SSSR count). The molecule has 2 atom stereocenters. The normalized spacial score (nSPS) is 28.4. The lowest BCUT2D eigenvalue weighted by molar-refractivity contribution is -0.148. The van der Waals surface area contributed by atoms with Crippen molar-refractivity contribution >= 4 is 16.0 Å². The molecule has 0 radical (unpaired) electrons. The zero-order chi connectivity index (χ0) is 13.8. The minimum absolute atomic E-state index is 0.00753. The van der Waals surface area contributed by atoms with Crippen LogP contribution in [0.3, 0.4) is 0 Å². The van der Waals surface area contributed by atoms with Crippen molar-refractivity contribution in [3.8, 4) is 0 Å². The summed E-state index contributed by atoms with van der Waals surface area (Å²) in [6.45, 7) is 1.91. The predicted molar refractivity (Wildman–Crippen MR) is 63.8 cm³/mol. The largest absolute Gasteiger partial charge is 0.481 e. The molecule has 1 heterocycles. The molecule has 1 fully saturated rings. The van der Waals surface area contributed by atoms with Crippen LogP contribution in [0.2, 0.25) is 0 Å². The number of ether oxygens (including phenoxy) is 2. The molecule has 1 saturated heterocycles. The molecule has 1 aliphatic heterocycles. The number of hydrogen-bond acceptors (Lipinski definition) is 5. The van der Waals surface area contributed by atoms with Crippen molar-refractivity contribution in [1.29, 1.82) is 0 Å². The average molecular weight is 281 g/mol. The Morgan fingerprint density at radius 2 is 2.28 bits per heavy atom. The molecule has 8 heteroatoms. The van der Waals surface area contributed by atoms with Crippen molar-refractivity contribution in [3.63, 3.8) is 0 Å². The third-order valence-corrected chi connectivity index (χ3v) is 4.50. The van der Waals surface area contributed by atoms with E-state index in [1.807, 2.05) is 0 Å². The number of hydrogen-bond donors (Lipinski definition) is 2. The maximum absolute atomic E-state index is 11.8. The first-order chi connectivity index (χ1) is 8.32. The lowest BCUT2D eigenvalue weighted by atomic mass is 9.86. The highest BCUT2D eigenvalue weighted by Gasteiger charge is 2.48. The molecular weight excluding hydrogens is 262 g/mol. The van der Waals surface area contributed by atoms with Crippen LogP contribution in [-0.4, -0.2) is 58.2 Å². The van der Waals surface area contributed by atoms with Crippen molar-refractivity contribution < 1.29 is 27.8 Å². The maximum Gasteiger partial charge on any atom is 0.313 e.